The Labute approximate surface area is 318 Å². The van der Waals surface area contributed by atoms with Crippen LogP contribution in [0.15, 0.2) is 24.3 Å². The number of amides is 1. The van der Waals surface area contributed by atoms with Crippen LogP contribution in [0.2, 0.25) is 0 Å². The number of nitrogens with zero attached hydrogens (tertiary/aromatic N) is 6. The van der Waals surface area contributed by atoms with Crippen molar-refractivity contribution < 1.29 is 46.4 Å². The summed E-state index contributed by atoms with van der Waals surface area (Å²) in [4.78, 5) is 32.7. The monoisotopic (exact) mass is 778 g/mol. The summed E-state index contributed by atoms with van der Waals surface area (Å²) in [5, 5.41) is 20.9. The van der Waals surface area contributed by atoms with Crippen molar-refractivity contribution >= 4 is 33.4 Å². The van der Waals surface area contributed by atoms with Gasteiger partial charge in [0, 0.05) is 61.2 Å². The third kappa shape index (κ3) is 6.38. The first-order chi connectivity index (χ1) is 26.8. The number of methoxy groups -OCH3 is 1. The van der Waals surface area contributed by atoms with E-state index in [9.17, 15) is 28.2 Å². The molecule has 4 aromatic rings. The van der Waals surface area contributed by atoms with Crippen molar-refractivity contribution in [1.82, 2.24) is 24.8 Å². The molecule has 2 bridgehead atoms. The van der Waals surface area contributed by atoms with Gasteiger partial charge < -0.3 is 34.4 Å². The number of benzene rings is 2. The molecule has 5 fully saturated rings. The number of carbonyl (C=O) groups excluding carboxylic acids is 1. The molecule has 4 unspecified atom stereocenters. The fourth-order valence-electron chi connectivity index (χ4n) is 9.19. The summed E-state index contributed by atoms with van der Waals surface area (Å²) in [5.74, 6) is 1.26. The lowest BCUT2D eigenvalue weighted by atomic mass is 9.95. The highest BCUT2D eigenvalue weighted by molar-refractivity contribution is 6.04. The number of aromatic nitrogens is 3. The first kappa shape index (κ1) is 36.6. The molecule has 2 aromatic heterocycles. The predicted molar refractivity (Wildman–Crippen MR) is 194 cm³/mol. The fraction of sp³-hybridized carbons (Fsp3) is 0.500. The van der Waals surface area contributed by atoms with Crippen molar-refractivity contribution in [2.24, 2.45) is 17.3 Å². The molecule has 0 radical (unpaired) electrons. The van der Waals surface area contributed by atoms with Gasteiger partial charge in [0.15, 0.2) is 11.9 Å². The van der Waals surface area contributed by atoms with Crippen LogP contribution >= 0.6 is 0 Å². The number of pyridine rings is 1. The van der Waals surface area contributed by atoms with Gasteiger partial charge in [0.05, 0.1) is 25.7 Å². The Morgan fingerprint density at radius 2 is 1.77 bits per heavy atom. The zero-order valence-corrected chi connectivity index (χ0v) is 30.5. The first-order valence-electron chi connectivity index (χ1n) is 18.8. The number of anilines is 1. The number of carbonyl (C=O) groups is 1. The molecule has 56 heavy (non-hydrogen) atoms. The summed E-state index contributed by atoms with van der Waals surface area (Å²) in [5.41, 5.74) is -0.805. The molecule has 2 aliphatic carbocycles. The molecule has 5 heterocycles. The Morgan fingerprint density at radius 1 is 1.05 bits per heavy atom. The van der Waals surface area contributed by atoms with E-state index in [2.05, 4.69) is 20.8 Å². The molecule has 294 valence electrons. The summed E-state index contributed by atoms with van der Waals surface area (Å²) in [6, 6.07) is 4.04. The zero-order chi connectivity index (χ0) is 39.3. The molecule has 16 heteroatoms. The van der Waals surface area contributed by atoms with Crippen LogP contribution in [0.4, 0.5) is 27.8 Å². The van der Waals surface area contributed by atoms with Crippen LogP contribution in [-0.4, -0.2) is 112 Å². The molecule has 0 spiro atoms. The highest BCUT2D eigenvalue weighted by Crippen LogP contribution is 2.51. The lowest BCUT2D eigenvalue weighted by molar-refractivity contribution is -0.207. The van der Waals surface area contributed by atoms with Crippen LogP contribution in [0.25, 0.3) is 32.9 Å². The van der Waals surface area contributed by atoms with Crippen LogP contribution in [0, 0.1) is 41.2 Å². The molecule has 11 nitrogen and oxygen atoms in total. The number of likely N-dealkylation sites (tertiary alicyclic amines) is 1. The highest BCUT2D eigenvalue weighted by atomic mass is 19.4. The average molecular weight is 779 g/mol. The lowest BCUT2D eigenvalue weighted by Gasteiger charge is -2.42. The van der Waals surface area contributed by atoms with Crippen molar-refractivity contribution in [3.63, 3.8) is 0 Å². The van der Waals surface area contributed by atoms with Crippen molar-refractivity contribution in [1.29, 1.82) is 0 Å². The van der Waals surface area contributed by atoms with E-state index in [-0.39, 0.29) is 81.7 Å². The van der Waals surface area contributed by atoms with E-state index >= 15 is 8.78 Å². The molecule has 1 amide bonds. The summed E-state index contributed by atoms with van der Waals surface area (Å²) >= 11 is 0. The maximum atomic E-state index is 17.3. The van der Waals surface area contributed by atoms with Crippen molar-refractivity contribution in [2.75, 3.05) is 51.3 Å². The second kappa shape index (κ2) is 13.3. The number of aromatic hydroxyl groups is 1. The lowest BCUT2D eigenvalue weighted by Crippen LogP contribution is -2.57. The number of hydrogen-bond donors (Lipinski definition) is 2. The number of alkyl halides is 3. The third-order valence-electron chi connectivity index (χ3n) is 12.3. The number of ether oxygens (including phenoxy) is 2. The molecular weight excluding hydrogens is 739 g/mol. The van der Waals surface area contributed by atoms with E-state index in [1.54, 1.807) is 0 Å². The Balaban J connectivity index is 1.13. The normalized spacial score (nSPS) is 24.3. The van der Waals surface area contributed by atoms with E-state index in [4.69, 9.17) is 20.9 Å². The van der Waals surface area contributed by atoms with Gasteiger partial charge in [-0.3, -0.25) is 4.79 Å². The Hall–Kier alpha value is -5.01. The van der Waals surface area contributed by atoms with Crippen LogP contribution < -0.4 is 14.4 Å². The largest absolute Gasteiger partial charge is 0.508 e. The van der Waals surface area contributed by atoms with Gasteiger partial charge in [-0.05, 0) is 67.5 Å². The molecule has 2 saturated carbocycles. The van der Waals surface area contributed by atoms with E-state index in [0.29, 0.717) is 18.2 Å². The number of piperazine rings is 1. The average Bonchev–Trinajstić information content (AvgIpc) is 4.04. The van der Waals surface area contributed by atoms with Gasteiger partial charge in [-0.15, -0.1) is 6.42 Å². The van der Waals surface area contributed by atoms with E-state index in [0.717, 1.165) is 50.4 Å². The molecule has 2 aromatic carbocycles. The number of phenols is 1. The van der Waals surface area contributed by atoms with Gasteiger partial charge in [0.25, 0.3) is 0 Å². The number of rotatable bonds is 10. The molecular formula is C40H39F5N6O5. The van der Waals surface area contributed by atoms with Gasteiger partial charge in [0.1, 0.15) is 34.0 Å². The maximum absolute atomic E-state index is 17.3. The summed E-state index contributed by atoms with van der Waals surface area (Å²) < 4.78 is 83.9. The van der Waals surface area contributed by atoms with Gasteiger partial charge >= 0.3 is 12.2 Å². The number of aliphatic hydroxyl groups is 1. The number of hydrogen-bond acceptors (Lipinski definition) is 10. The Kier molecular flexibility index (Phi) is 8.69. The van der Waals surface area contributed by atoms with Crippen molar-refractivity contribution in [3.8, 4) is 41.2 Å². The second-order valence-electron chi connectivity index (χ2n) is 16.1. The minimum atomic E-state index is -4.94. The molecule has 3 saturated heterocycles. The predicted octanol–water partition coefficient (Wildman–Crippen LogP) is 5.42. The molecule has 9 rings (SSSR count). The molecule has 3 aliphatic heterocycles. The molecule has 2 N–H and O–H groups in total. The Bertz CT molecular complexity index is 2290. The van der Waals surface area contributed by atoms with E-state index in [1.165, 1.54) is 36.6 Å². The minimum Gasteiger partial charge on any atom is -0.508 e. The third-order valence-corrected chi connectivity index (χ3v) is 12.3. The molecule has 5 aliphatic rings. The number of piperidine rings is 1. The van der Waals surface area contributed by atoms with E-state index in [1.807, 2.05) is 4.90 Å². The van der Waals surface area contributed by atoms with Crippen LogP contribution in [0.3, 0.4) is 0 Å². The number of fused-ring (bicyclic) bond motifs is 5. The topological polar surface area (TPSA) is 124 Å². The van der Waals surface area contributed by atoms with Gasteiger partial charge in [-0.1, -0.05) is 12.0 Å². The molecule has 5 atom stereocenters. The smallest absolute Gasteiger partial charge is 0.414 e. The standard InChI is InChI=1S/C40H39F5N6O5/c1-3-26-28(41)7-4-20-11-25(52)12-27(31(20)26)34-33(42)35-32(37(46-34)55-2)36(48-38(47-35)56-19-39(8-9-39)18-49-14-21-10-22(21)15-49)50-16-23-5-6-24(17-50)51(23)30(54)13-29(53)40(43,44)45/h1,4,7,11-12,21-24,29,52-53H,5-6,8-10,13-19H2,2H3/t21?,22?,23?,24?,29-/m0/s1. The number of halogens is 5. The van der Waals surface area contributed by atoms with Gasteiger partial charge in [-0.25, -0.2) is 13.8 Å². The summed E-state index contributed by atoms with van der Waals surface area (Å²) in [6.07, 6.45) is 1.09. The summed E-state index contributed by atoms with van der Waals surface area (Å²) in [7, 11) is 1.33. The van der Waals surface area contributed by atoms with Crippen LogP contribution in [0.5, 0.6) is 17.6 Å². The summed E-state index contributed by atoms with van der Waals surface area (Å²) in [6.45, 7) is 3.57. The van der Waals surface area contributed by atoms with Crippen LogP contribution in [0.1, 0.15) is 44.1 Å². The van der Waals surface area contributed by atoms with E-state index < -0.39 is 48.3 Å². The Morgan fingerprint density at radius 3 is 2.41 bits per heavy atom. The second-order valence-corrected chi connectivity index (χ2v) is 16.1. The number of phenolic OH excluding ortho intramolecular Hbond substituents is 1. The zero-order valence-electron chi connectivity index (χ0n) is 30.5. The van der Waals surface area contributed by atoms with Crippen molar-refractivity contribution in [2.45, 2.75) is 62.9 Å². The van der Waals surface area contributed by atoms with Gasteiger partial charge in [0.2, 0.25) is 11.8 Å². The highest BCUT2D eigenvalue weighted by Gasteiger charge is 2.51. The van der Waals surface area contributed by atoms with Crippen molar-refractivity contribution in [3.05, 3.63) is 41.5 Å². The maximum Gasteiger partial charge on any atom is 0.414 e. The first-order valence-corrected chi connectivity index (χ1v) is 18.8. The quantitative estimate of drug-likeness (QED) is 0.159. The fourth-order valence-corrected chi connectivity index (χ4v) is 9.19. The van der Waals surface area contributed by atoms with Crippen LogP contribution in [-0.2, 0) is 4.79 Å². The minimum absolute atomic E-state index is 0.000379. The number of aliphatic hydroxyl groups excluding tert-OH is 1. The van der Waals surface area contributed by atoms with Gasteiger partial charge in [-0.2, -0.15) is 23.1 Å². The SMILES string of the molecule is C#Cc1c(F)ccc2cc(O)cc(-c3nc(OC)c4c(N5CC6CCC(C5)N6C(=O)C[C@H](O)C(F)(F)F)nc(OCC5(CN6CC7CC7C6)CC5)nc4c3F)c12. The number of terminal acetylenes is 1.